The van der Waals surface area contributed by atoms with Gasteiger partial charge in [0.1, 0.15) is 0 Å². The first-order chi connectivity index (χ1) is 9.38. The normalized spacial score (nSPS) is 18.2. The molecule has 20 heavy (non-hydrogen) atoms. The Bertz CT molecular complexity index is 591. The monoisotopic (exact) mass is 316 g/mol. The Balaban J connectivity index is 2.06. The molecule has 2 N–H and O–H groups in total. The molecule has 0 saturated carbocycles. The van der Waals surface area contributed by atoms with Crippen LogP contribution in [0.3, 0.4) is 0 Å². The summed E-state index contributed by atoms with van der Waals surface area (Å²) < 4.78 is 0. The average Bonchev–Trinajstić information content (AvgIpc) is 2.74. The minimum atomic E-state index is -1.07. The van der Waals surface area contributed by atoms with Crippen molar-refractivity contribution < 1.29 is 19.5 Å². The molecule has 1 saturated heterocycles. The van der Waals surface area contributed by atoms with Crippen LogP contribution in [-0.2, 0) is 9.59 Å². The van der Waals surface area contributed by atoms with Crippen LogP contribution in [0.25, 0.3) is 0 Å². The Kier molecular flexibility index (Phi) is 4.15. The highest BCUT2D eigenvalue weighted by atomic mass is 35.5. The van der Waals surface area contributed by atoms with Crippen molar-refractivity contribution >= 4 is 41.0 Å². The molecule has 0 bridgehead atoms. The van der Waals surface area contributed by atoms with Crippen molar-refractivity contribution in [1.82, 2.24) is 10.4 Å². The summed E-state index contributed by atoms with van der Waals surface area (Å²) >= 11 is 11.5. The standard InChI is InChI=1S/C12H10Cl2N2O4/c13-8-2-1-6(3-9(8)14)11(18)15-16-5-7(12(19)20)4-10(16)17/h1-3,7H,4-5H2,(H,15,18)(H,19,20)/t7-/m0/s1. The number of aliphatic carboxylic acids is 1. The highest BCUT2D eigenvalue weighted by Gasteiger charge is 2.35. The first-order valence-corrected chi connectivity index (χ1v) is 6.43. The molecule has 106 valence electrons. The van der Waals surface area contributed by atoms with Crippen molar-refractivity contribution in [2.75, 3.05) is 6.54 Å². The lowest BCUT2D eigenvalue weighted by Crippen LogP contribution is -2.43. The number of nitrogens with one attached hydrogen (secondary N) is 1. The van der Waals surface area contributed by atoms with E-state index in [0.717, 1.165) is 5.01 Å². The zero-order chi connectivity index (χ0) is 14.9. The van der Waals surface area contributed by atoms with Crippen molar-refractivity contribution in [3.63, 3.8) is 0 Å². The maximum absolute atomic E-state index is 11.9. The van der Waals surface area contributed by atoms with Gasteiger partial charge in [0.2, 0.25) is 5.91 Å². The van der Waals surface area contributed by atoms with Gasteiger partial charge in [-0.05, 0) is 18.2 Å². The Hall–Kier alpha value is -1.79. The van der Waals surface area contributed by atoms with E-state index in [1.165, 1.54) is 18.2 Å². The van der Waals surface area contributed by atoms with Crippen molar-refractivity contribution in [2.45, 2.75) is 6.42 Å². The predicted octanol–water partition coefficient (Wildman–Crippen LogP) is 1.57. The lowest BCUT2D eigenvalue weighted by molar-refractivity contribution is -0.141. The lowest BCUT2D eigenvalue weighted by Gasteiger charge is -2.17. The van der Waals surface area contributed by atoms with Gasteiger partial charge >= 0.3 is 5.97 Å². The fourth-order valence-corrected chi connectivity index (χ4v) is 2.10. The van der Waals surface area contributed by atoms with Crippen LogP contribution in [-0.4, -0.2) is 34.4 Å². The van der Waals surface area contributed by atoms with Crippen LogP contribution >= 0.6 is 23.2 Å². The van der Waals surface area contributed by atoms with E-state index in [1.807, 2.05) is 0 Å². The topological polar surface area (TPSA) is 86.7 Å². The quantitative estimate of drug-likeness (QED) is 0.886. The third kappa shape index (κ3) is 3.02. The molecule has 6 nitrogen and oxygen atoms in total. The molecule has 0 radical (unpaired) electrons. The summed E-state index contributed by atoms with van der Waals surface area (Å²) in [6.07, 6.45) is -0.128. The van der Waals surface area contributed by atoms with Crippen molar-refractivity contribution in [1.29, 1.82) is 0 Å². The molecule has 1 heterocycles. The van der Waals surface area contributed by atoms with Gasteiger partial charge in [0.15, 0.2) is 0 Å². The van der Waals surface area contributed by atoms with E-state index in [9.17, 15) is 14.4 Å². The number of nitrogens with zero attached hydrogens (tertiary/aromatic N) is 1. The number of rotatable bonds is 3. The van der Waals surface area contributed by atoms with E-state index in [1.54, 1.807) is 0 Å². The Morgan fingerprint density at radius 2 is 2.00 bits per heavy atom. The van der Waals surface area contributed by atoms with E-state index in [4.69, 9.17) is 28.3 Å². The molecule has 1 aromatic rings. The molecule has 0 aromatic heterocycles. The second-order valence-corrected chi connectivity index (χ2v) is 5.13. The molecule has 1 aliphatic heterocycles. The molecule has 8 heteroatoms. The van der Waals surface area contributed by atoms with E-state index in [0.29, 0.717) is 5.02 Å². The zero-order valence-corrected chi connectivity index (χ0v) is 11.6. The third-order valence-corrected chi connectivity index (χ3v) is 3.63. The fourth-order valence-electron chi connectivity index (χ4n) is 1.81. The number of hydrogen-bond donors (Lipinski definition) is 2. The smallest absolute Gasteiger partial charge is 0.308 e. The fraction of sp³-hybridized carbons (Fsp3) is 0.250. The average molecular weight is 317 g/mol. The van der Waals surface area contributed by atoms with Gasteiger partial charge in [-0.1, -0.05) is 23.2 Å². The van der Waals surface area contributed by atoms with Gasteiger partial charge in [-0.2, -0.15) is 0 Å². The largest absolute Gasteiger partial charge is 0.481 e. The Morgan fingerprint density at radius 3 is 2.55 bits per heavy atom. The first kappa shape index (κ1) is 14.6. The van der Waals surface area contributed by atoms with Crippen LogP contribution in [0.2, 0.25) is 10.0 Å². The van der Waals surface area contributed by atoms with Crippen LogP contribution in [0.1, 0.15) is 16.8 Å². The zero-order valence-electron chi connectivity index (χ0n) is 10.1. The van der Waals surface area contributed by atoms with E-state index in [2.05, 4.69) is 5.43 Å². The molecule has 1 fully saturated rings. The van der Waals surface area contributed by atoms with Gasteiger partial charge in [0.05, 0.1) is 22.5 Å². The molecule has 0 unspecified atom stereocenters. The minimum Gasteiger partial charge on any atom is -0.481 e. The van der Waals surface area contributed by atoms with Crippen LogP contribution in [0.5, 0.6) is 0 Å². The van der Waals surface area contributed by atoms with Gasteiger partial charge in [0, 0.05) is 12.0 Å². The number of hydrogen-bond acceptors (Lipinski definition) is 3. The van der Waals surface area contributed by atoms with Gasteiger partial charge in [-0.15, -0.1) is 0 Å². The number of halogens is 2. The second-order valence-electron chi connectivity index (χ2n) is 4.31. The van der Waals surface area contributed by atoms with Crippen molar-refractivity contribution in [3.05, 3.63) is 33.8 Å². The van der Waals surface area contributed by atoms with Crippen molar-refractivity contribution in [3.8, 4) is 0 Å². The van der Waals surface area contributed by atoms with E-state index >= 15 is 0 Å². The first-order valence-electron chi connectivity index (χ1n) is 5.67. The summed E-state index contributed by atoms with van der Waals surface area (Å²) in [7, 11) is 0. The number of benzene rings is 1. The molecular formula is C12H10Cl2N2O4. The Labute approximate surface area is 124 Å². The molecule has 2 rings (SSSR count). The van der Waals surface area contributed by atoms with Crippen LogP contribution in [0, 0.1) is 5.92 Å². The number of carboxylic acid groups (broad SMARTS) is 1. The predicted molar refractivity (Wildman–Crippen MR) is 71.4 cm³/mol. The van der Waals surface area contributed by atoms with Gasteiger partial charge in [-0.25, -0.2) is 0 Å². The number of hydrazine groups is 1. The lowest BCUT2D eigenvalue weighted by atomic mass is 10.1. The van der Waals surface area contributed by atoms with Crippen molar-refractivity contribution in [2.24, 2.45) is 5.92 Å². The van der Waals surface area contributed by atoms with Gasteiger partial charge in [-0.3, -0.25) is 24.8 Å². The molecule has 2 amide bonds. The SMILES string of the molecule is O=C(NN1C[C@@H](C(=O)O)CC1=O)c1ccc(Cl)c(Cl)c1. The van der Waals surface area contributed by atoms with Gasteiger partial charge < -0.3 is 5.11 Å². The maximum atomic E-state index is 11.9. The van der Waals surface area contributed by atoms with Gasteiger partial charge in [0.25, 0.3) is 5.91 Å². The molecule has 1 aliphatic rings. The number of carbonyl (C=O) groups is 3. The second kappa shape index (κ2) is 5.68. The molecule has 1 aromatic carbocycles. The molecule has 0 spiro atoms. The number of amides is 2. The summed E-state index contributed by atoms with van der Waals surface area (Å²) in [5, 5.41) is 10.4. The van der Waals surface area contributed by atoms with Crippen LogP contribution < -0.4 is 5.43 Å². The number of carbonyl (C=O) groups excluding carboxylic acids is 2. The molecule has 0 aliphatic carbocycles. The summed E-state index contributed by atoms with van der Waals surface area (Å²) in [5.41, 5.74) is 2.58. The summed E-state index contributed by atoms with van der Waals surface area (Å²) in [6.45, 7) is -0.0543. The van der Waals surface area contributed by atoms with Crippen LogP contribution in [0.15, 0.2) is 18.2 Å². The van der Waals surface area contributed by atoms with Crippen LogP contribution in [0.4, 0.5) is 0 Å². The number of carboxylic acids is 1. The summed E-state index contributed by atoms with van der Waals surface area (Å²) in [5.74, 6) is -2.87. The highest BCUT2D eigenvalue weighted by Crippen LogP contribution is 2.23. The Morgan fingerprint density at radius 1 is 1.30 bits per heavy atom. The summed E-state index contributed by atoms with van der Waals surface area (Å²) in [4.78, 5) is 34.3. The maximum Gasteiger partial charge on any atom is 0.308 e. The molecule has 1 atom stereocenters. The summed E-state index contributed by atoms with van der Waals surface area (Å²) in [6, 6.07) is 4.29. The highest BCUT2D eigenvalue weighted by molar-refractivity contribution is 6.42. The van der Waals surface area contributed by atoms with E-state index in [-0.39, 0.29) is 23.6 Å². The molecular weight excluding hydrogens is 307 g/mol. The minimum absolute atomic E-state index is 0.0543. The van der Waals surface area contributed by atoms with E-state index < -0.39 is 23.7 Å². The third-order valence-electron chi connectivity index (χ3n) is 2.89.